The number of aryl methyl sites for hydroxylation is 1. The molecule has 4 rings (SSSR count). The maximum Gasteiger partial charge on any atom is 0.251 e. The summed E-state index contributed by atoms with van der Waals surface area (Å²) < 4.78 is 0. The number of thiazole rings is 1. The second-order valence-corrected chi connectivity index (χ2v) is 9.74. The van der Waals surface area contributed by atoms with E-state index in [0.29, 0.717) is 29.5 Å². The summed E-state index contributed by atoms with van der Waals surface area (Å²) in [5, 5.41) is 17.3. The van der Waals surface area contributed by atoms with E-state index in [1.54, 1.807) is 18.3 Å². The van der Waals surface area contributed by atoms with Gasteiger partial charge in [0.2, 0.25) is 5.91 Å². The number of amides is 2. The first-order valence-corrected chi connectivity index (χ1v) is 11.7. The molecule has 2 fully saturated rings. The van der Waals surface area contributed by atoms with E-state index in [4.69, 9.17) is 6.42 Å². The monoisotopic (exact) mass is 452 g/mol. The van der Waals surface area contributed by atoms with Crippen molar-refractivity contribution in [3.63, 3.8) is 0 Å². The molecule has 2 heterocycles. The van der Waals surface area contributed by atoms with Gasteiger partial charge in [-0.15, -0.1) is 17.8 Å². The van der Waals surface area contributed by atoms with Gasteiger partial charge in [-0.25, -0.2) is 4.98 Å². The molecule has 0 radical (unpaired) electrons. The van der Waals surface area contributed by atoms with Gasteiger partial charge in [-0.2, -0.15) is 0 Å². The number of nitrogens with zero attached hydrogens (tertiary/aromatic N) is 2. The van der Waals surface area contributed by atoms with Crippen LogP contribution in [-0.2, 0) is 10.4 Å². The first kappa shape index (κ1) is 22.5. The Balaban J connectivity index is 1.17. The van der Waals surface area contributed by atoms with Gasteiger partial charge in [-0.3, -0.25) is 14.5 Å². The summed E-state index contributed by atoms with van der Waals surface area (Å²) in [7, 11) is 0. The Morgan fingerprint density at radius 2 is 2.09 bits per heavy atom. The first-order chi connectivity index (χ1) is 15.4. The molecule has 7 nitrogen and oxygen atoms in total. The van der Waals surface area contributed by atoms with Crippen LogP contribution in [0.4, 0.5) is 0 Å². The van der Waals surface area contributed by atoms with E-state index in [0.717, 1.165) is 36.4 Å². The molecule has 3 N–H and O–H groups in total. The Hall–Kier alpha value is -2.73. The highest BCUT2D eigenvalue weighted by atomic mass is 32.1. The molecule has 8 heteroatoms. The van der Waals surface area contributed by atoms with Crippen molar-refractivity contribution in [3.8, 4) is 12.3 Å². The van der Waals surface area contributed by atoms with Gasteiger partial charge in [0.05, 0.1) is 17.5 Å². The smallest absolute Gasteiger partial charge is 0.251 e. The van der Waals surface area contributed by atoms with Crippen LogP contribution in [-0.4, -0.2) is 58.5 Å². The zero-order valence-electron chi connectivity index (χ0n) is 18.1. The second kappa shape index (κ2) is 9.41. The fourth-order valence-electron chi connectivity index (χ4n) is 4.48. The number of carbonyl (C=O) groups is 2. The molecule has 1 aliphatic carbocycles. The third kappa shape index (κ3) is 5.01. The van der Waals surface area contributed by atoms with Gasteiger partial charge >= 0.3 is 0 Å². The predicted molar refractivity (Wildman–Crippen MR) is 123 cm³/mol. The van der Waals surface area contributed by atoms with Crippen LogP contribution in [0.15, 0.2) is 30.5 Å². The first-order valence-electron chi connectivity index (χ1n) is 10.9. The van der Waals surface area contributed by atoms with Crippen LogP contribution < -0.4 is 10.6 Å². The van der Waals surface area contributed by atoms with Gasteiger partial charge < -0.3 is 15.7 Å². The molecular formula is C24H28N4O3S. The minimum atomic E-state index is -0.836. The average molecular weight is 453 g/mol. The fraction of sp³-hybridized carbons (Fsp3) is 0.458. The number of hydrogen-bond donors (Lipinski definition) is 3. The quantitative estimate of drug-likeness (QED) is 0.581. The minimum Gasteiger partial charge on any atom is -0.384 e. The van der Waals surface area contributed by atoms with E-state index in [1.165, 1.54) is 11.3 Å². The van der Waals surface area contributed by atoms with Gasteiger partial charge in [0.1, 0.15) is 5.60 Å². The maximum atomic E-state index is 12.2. The summed E-state index contributed by atoms with van der Waals surface area (Å²) in [5.74, 6) is 2.10. The Morgan fingerprint density at radius 1 is 1.34 bits per heavy atom. The number of aliphatic hydroxyl groups is 1. The van der Waals surface area contributed by atoms with Crippen molar-refractivity contribution >= 4 is 23.2 Å². The molecule has 1 aromatic carbocycles. The highest BCUT2D eigenvalue weighted by molar-refractivity contribution is 7.12. The molecule has 168 valence electrons. The standard InChI is InChI=1S/C24H28N4O3S/c1-3-22-25-12-20(32-22)24(31)9-7-19(8-10-24)28-14-18(15-28)27-21(29)13-26-23(30)17-6-4-5-16(2)11-17/h1,4-6,11-12,18-19,31H,7-10,13-15H2,2H3,(H,26,30)(H,27,29)/t19-,24-. The van der Waals surface area contributed by atoms with Crippen molar-refractivity contribution in [2.45, 2.75) is 50.3 Å². The normalized spacial score (nSPS) is 23.7. The van der Waals surface area contributed by atoms with Crippen LogP contribution in [0.25, 0.3) is 0 Å². The van der Waals surface area contributed by atoms with Crippen LogP contribution in [0.2, 0.25) is 0 Å². The van der Waals surface area contributed by atoms with Crippen LogP contribution in [0.1, 0.15) is 51.5 Å². The lowest BCUT2D eigenvalue weighted by Crippen LogP contribution is -2.63. The Labute approximate surface area is 192 Å². The van der Waals surface area contributed by atoms with Crippen LogP contribution in [0.5, 0.6) is 0 Å². The van der Waals surface area contributed by atoms with E-state index in [1.807, 2.05) is 19.1 Å². The summed E-state index contributed by atoms with van der Waals surface area (Å²) >= 11 is 1.39. The summed E-state index contributed by atoms with van der Waals surface area (Å²) in [4.78, 5) is 31.7. The average Bonchev–Trinajstić information content (AvgIpc) is 3.25. The molecule has 0 bridgehead atoms. The molecule has 0 atom stereocenters. The summed E-state index contributed by atoms with van der Waals surface area (Å²) in [6.07, 6.45) is 10.3. The van der Waals surface area contributed by atoms with E-state index < -0.39 is 5.60 Å². The topological polar surface area (TPSA) is 94.6 Å². The number of aromatic nitrogens is 1. The van der Waals surface area contributed by atoms with Crippen molar-refractivity contribution in [2.24, 2.45) is 0 Å². The molecule has 0 unspecified atom stereocenters. The van der Waals surface area contributed by atoms with Gasteiger partial charge in [-0.05, 0) is 50.7 Å². The van der Waals surface area contributed by atoms with Crippen molar-refractivity contribution in [3.05, 3.63) is 51.5 Å². The fourth-order valence-corrected chi connectivity index (χ4v) is 5.35. The summed E-state index contributed by atoms with van der Waals surface area (Å²) in [6.45, 7) is 3.48. The molecular weight excluding hydrogens is 424 g/mol. The van der Waals surface area contributed by atoms with Crippen molar-refractivity contribution < 1.29 is 14.7 Å². The highest BCUT2D eigenvalue weighted by Gasteiger charge is 2.41. The number of benzene rings is 1. The SMILES string of the molecule is C#Cc1ncc([C@]2(O)CC[C@H](N3CC(NC(=O)CNC(=O)c4cccc(C)c4)C3)CC2)s1. The Kier molecular flexibility index (Phi) is 6.60. The molecule has 2 amide bonds. The third-order valence-electron chi connectivity index (χ3n) is 6.35. The zero-order valence-corrected chi connectivity index (χ0v) is 19.0. The van der Waals surface area contributed by atoms with Gasteiger partial charge in [0.25, 0.3) is 5.91 Å². The second-order valence-electron chi connectivity index (χ2n) is 8.71. The highest BCUT2D eigenvalue weighted by Crippen LogP contribution is 2.41. The molecule has 1 saturated carbocycles. The number of hydrogen-bond acceptors (Lipinski definition) is 6. The maximum absolute atomic E-state index is 12.2. The molecule has 2 aromatic rings. The summed E-state index contributed by atoms with van der Waals surface area (Å²) in [6, 6.07) is 7.78. The zero-order chi connectivity index (χ0) is 22.7. The van der Waals surface area contributed by atoms with Crippen molar-refractivity contribution in [1.29, 1.82) is 0 Å². The predicted octanol–water partition coefficient (Wildman–Crippen LogP) is 1.79. The van der Waals surface area contributed by atoms with E-state index in [9.17, 15) is 14.7 Å². The number of rotatable bonds is 6. The molecule has 32 heavy (non-hydrogen) atoms. The number of nitrogens with one attached hydrogen (secondary N) is 2. The number of likely N-dealkylation sites (tertiary alicyclic amines) is 1. The van der Waals surface area contributed by atoms with Gasteiger partial charge in [-0.1, -0.05) is 17.7 Å². The van der Waals surface area contributed by atoms with E-state index >= 15 is 0 Å². The molecule has 0 spiro atoms. The molecule has 2 aliphatic rings. The number of carbonyl (C=O) groups excluding carboxylic acids is 2. The Morgan fingerprint density at radius 3 is 2.75 bits per heavy atom. The minimum absolute atomic E-state index is 0.0335. The van der Waals surface area contributed by atoms with Gasteiger partial charge in [0.15, 0.2) is 5.01 Å². The van der Waals surface area contributed by atoms with Crippen LogP contribution in [0.3, 0.4) is 0 Å². The van der Waals surface area contributed by atoms with Crippen molar-refractivity contribution in [1.82, 2.24) is 20.5 Å². The van der Waals surface area contributed by atoms with Gasteiger partial charge in [0, 0.05) is 30.9 Å². The molecule has 1 aromatic heterocycles. The lowest BCUT2D eigenvalue weighted by atomic mass is 9.80. The largest absolute Gasteiger partial charge is 0.384 e. The van der Waals surface area contributed by atoms with Crippen LogP contribution in [0, 0.1) is 19.3 Å². The van der Waals surface area contributed by atoms with E-state index in [2.05, 4.69) is 26.4 Å². The lowest BCUT2D eigenvalue weighted by molar-refractivity contribution is -0.122. The number of terminal acetylenes is 1. The lowest BCUT2D eigenvalue weighted by Gasteiger charge is -2.48. The Bertz CT molecular complexity index is 1030. The molecule has 1 aliphatic heterocycles. The third-order valence-corrected chi connectivity index (χ3v) is 7.47. The van der Waals surface area contributed by atoms with Crippen LogP contribution >= 0.6 is 11.3 Å². The van der Waals surface area contributed by atoms with E-state index in [-0.39, 0.29) is 24.4 Å². The molecule has 1 saturated heterocycles. The summed E-state index contributed by atoms with van der Waals surface area (Å²) in [5.41, 5.74) is 0.720. The van der Waals surface area contributed by atoms with Crippen molar-refractivity contribution in [2.75, 3.05) is 19.6 Å².